The first kappa shape index (κ1) is 17.4. The van der Waals surface area contributed by atoms with Crippen LogP contribution in [-0.4, -0.2) is 25.2 Å². The molecule has 1 aliphatic heterocycles. The van der Waals surface area contributed by atoms with Crippen molar-refractivity contribution in [2.45, 2.75) is 31.4 Å². The Morgan fingerprint density at radius 1 is 1.16 bits per heavy atom. The summed E-state index contributed by atoms with van der Waals surface area (Å²) in [6.45, 7) is 1.11. The van der Waals surface area contributed by atoms with E-state index in [0.29, 0.717) is 19.6 Å². The summed E-state index contributed by atoms with van der Waals surface area (Å²) in [7, 11) is 0. The predicted molar refractivity (Wildman–Crippen MR) is 94.8 cm³/mol. The first-order chi connectivity index (χ1) is 12.2. The quantitative estimate of drug-likeness (QED) is 0.872. The molecule has 2 N–H and O–H groups in total. The van der Waals surface area contributed by atoms with Crippen LogP contribution in [0.25, 0.3) is 0 Å². The number of carbonyl (C=O) groups excluding carboxylic acids is 1. The second-order valence-electron chi connectivity index (χ2n) is 6.27. The van der Waals surface area contributed by atoms with Gasteiger partial charge in [-0.1, -0.05) is 42.5 Å². The Hall–Kier alpha value is -2.40. The minimum absolute atomic E-state index is 0.0209. The second-order valence-corrected chi connectivity index (χ2v) is 6.27. The summed E-state index contributed by atoms with van der Waals surface area (Å²) in [6, 6.07) is 16.4. The number of nitrogens with one attached hydrogen (secondary N) is 2. The molecule has 1 fully saturated rings. The van der Waals surface area contributed by atoms with Gasteiger partial charge in [0.2, 0.25) is 0 Å². The second kappa shape index (κ2) is 8.62. The monoisotopic (exact) mass is 342 g/mol. The van der Waals surface area contributed by atoms with E-state index in [1.54, 1.807) is 6.07 Å². The van der Waals surface area contributed by atoms with Crippen molar-refractivity contribution in [3.05, 3.63) is 71.5 Å². The van der Waals surface area contributed by atoms with Gasteiger partial charge in [-0.3, -0.25) is 0 Å². The van der Waals surface area contributed by atoms with Gasteiger partial charge in [0, 0.05) is 19.2 Å². The van der Waals surface area contributed by atoms with Gasteiger partial charge >= 0.3 is 6.03 Å². The molecule has 2 aromatic rings. The lowest BCUT2D eigenvalue weighted by Gasteiger charge is -2.30. The van der Waals surface area contributed by atoms with Gasteiger partial charge in [0.25, 0.3) is 0 Å². The summed E-state index contributed by atoms with van der Waals surface area (Å²) < 4.78 is 18.9. The summed E-state index contributed by atoms with van der Waals surface area (Å²) in [5, 5.41) is 5.85. The molecule has 3 rings (SSSR count). The molecule has 132 valence electrons. The summed E-state index contributed by atoms with van der Waals surface area (Å²) in [5.74, 6) is -0.254. The van der Waals surface area contributed by atoms with E-state index in [1.165, 1.54) is 12.1 Å². The molecule has 2 amide bonds. The lowest BCUT2D eigenvalue weighted by molar-refractivity contribution is 0.00227. The third-order valence-corrected chi connectivity index (χ3v) is 4.38. The van der Waals surface area contributed by atoms with Crippen molar-refractivity contribution in [1.82, 2.24) is 10.6 Å². The zero-order valence-electron chi connectivity index (χ0n) is 14.1. The largest absolute Gasteiger partial charge is 0.373 e. The molecular formula is C20H23FN2O2. The third-order valence-electron chi connectivity index (χ3n) is 4.38. The van der Waals surface area contributed by atoms with Crippen LogP contribution in [0.2, 0.25) is 0 Å². The van der Waals surface area contributed by atoms with E-state index < -0.39 is 0 Å². The van der Waals surface area contributed by atoms with Crippen LogP contribution in [0.3, 0.4) is 0 Å². The zero-order chi connectivity index (χ0) is 17.5. The first-order valence-electron chi connectivity index (χ1n) is 8.66. The van der Waals surface area contributed by atoms with Gasteiger partial charge in [0.05, 0.1) is 6.10 Å². The number of carbonyl (C=O) groups is 1. The molecule has 0 saturated carbocycles. The van der Waals surface area contributed by atoms with Gasteiger partial charge < -0.3 is 15.4 Å². The van der Waals surface area contributed by atoms with Crippen LogP contribution in [0, 0.1) is 5.82 Å². The summed E-state index contributed by atoms with van der Waals surface area (Å²) >= 11 is 0. The number of ether oxygens (including phenoxy) is 1. The molecule has 2 aromatic carbocycles. The molecule has 5 heteroatoms. The van der Waals surface area contributed by atoms with Crippen molar-refractivity contribution in [3.8, 4) is 0 Å². The first-order valence-corrected chi connectivity index (χ1v) is 8.66. The number of urea groups is 1. The van der Waals surface area contributed by atoms with Crippen LogP contribution in [0.4, 0.5) is 9.18 Å². The van der Waals surface area contributed by atoms with Crippen LogP contribution in [0.1, 0.15) is 30.1 Å². The highest BCUT2D eigenvalue weighted by Gasteiger charge is 2.24. The summed E-state index contributed by atoms with van der Waals surface area (Å²) in [6.07, 6.45) is 2.20. The van der Waals surface area contributed by atoms with Gasteiger partial charge in [0.15, 0.2) is 0 Å². The molecule has 0 aliphatic carbocycles. The number of hydrogen-bond donors (Lipinski definition) is 2. The Labute approximate surface area is 147 Å². The minimum Gasteiger partial charge on any atom is -0.373 e. The Bertz CT molecular complexity index is 693. The molecule has 0 radical (unpaired) electrons. The maximum absolute atomic E-state index is 13.1. The van der Waals surface area contributed by atoms with Gasteiger partial charge in [0.1, 0.15) is 5.82 Å². The highest BCUT2D eigenvalue weighted by atomic mass is 19.1. The van der Waals surface area contributed by atoms with Crippen molar-refractivity contribution in [2.75, 3.05) is 13.2 Å². The summed E-state index contributed by atoms with van der Waals surface area (Å²) in [5.41, 5.74) is 2.01. The van der Waals surface area contributed by atoms with Crippen LogP contribution >= 0.6 is 0 Å². The normalized spacial score (nSPS) is 20.0. The number of rotatable bonds is 5. The molecule has 1 saturated heterocycles. The maximum Gasteiger partial charge on any atom is 0.315 e. The fourth-order valence-electron chi connectivity index (χ4n) is 3.08. The molecule has 4 nitrogen and oxygen atoms in total. The number of benzene rings is 2. The van der Waals surface area contributed by atoms with Gasteiger partial charge in [-0.05, 0) is 42.5 Å². The average molecular weight is 342 g/mol. The average Bonchev–Trinajstić information content (AvgIpc) is 2.63. The molecular weight excluding hydrogens is 319 g/mol. The van der Waals surface area contributed by atoms with Crippen molar-refractivity contribution < 1.29 is 13.9 Å². The van der Waals surface area contributed by atoms with E-state index in [-0.39, 0.29) is 24.0 Å². The van der Waals surface area contributed by atoms with Gasteiger partial charge in [-0.15, -0.1) is 0 Å². The highest BCUT2D eigenvalue weighted by Crippen LogP contribution is 2.27. The van der Waals surface area contributed by atoms with Crippen molar-refractivity contribution in [2.24, 2.45) is 0 Å². The Balaban J connectivity index is 1.43. The van der Waals surface area contributed by atoms with Crippen LogP contribution in [-0.2, 0) is 11.2 Å². The molecule has 0 spiro atoms. The topological polar surface area (TPSA) is 50.4 Å². The Morgan fingerprint density at radius 2 is 2.00 bits per heavy atom. The van der Waals surface area contributed by atoms with Crippen LogP contribution in [0.15, 0.2) is 54.6 Å². The van der Waals surface area contributed by atoms with Gasteiger partial charge in [-0.25, -0.2) is 9.18 Å². The maximum atomic E-state index is 13.1. The molecule has 0 aromatic heterocycles. The molecule has 0 bridgehead atoms. The van der Waals surface area contributed by atoms with E-state index in [0.717, 1.165) is 24.0 Å². The van der Waals surface area contributed by atoms with Gasteiger partial charge in [-0.2, -0.15) is 0 Å². The molecule has 1 heterocycles. The van der Waals surface area contributed by atoms with Crippen LogP contribution < -0.4 is 10.6 Å². The van der Waals surface area contributed by atoms with E-state index in [4.69, 9.17) is 4.74 Å². The number of amides is 2. The highest BCUT2D eigenvalue weighted by molar-refractivity contribution is 5.74. The number of hydrogen-bond acceptors (Lipinski definition) is 2. The van der Waals surface area contributed by atoms with Crippen molar-refractivity contribution in [1.29, 1.82) is 0 Å². The Kier molecular flexibility index (Phi) is 6.01. The Morgan fingerprint density at radius 3 is 2.80 bits per heavy atom. The third kappa shape index (κ3) is 5.29. The molecule has 25 heavy (non-hydrogen) atoms. The van der Waals surface area contributed by atoms with Crippen LogP contribution in [0.5, 0.6) is 0 Å². The minimum atomic E-state index is -0.254. The fourth-order valence-corrected chi connectivity index (χ4v) is 3.08. The lowest BCUT2D eigenvalue weighted by atomic mass is 9.97. The smallest absolute Gasteiger partial charge is 0.315 e. The molecule has 2 unspecified atom stereocenters. The molecule has 2 atom stereocenters. The zero-order valence-corrected chi connectivity index (χ0v) is 14.1. The van der Waals surface area contributed by atoms with Crippen molar-refractivity contribution >= 4 is 6.03 Å². The standard InChI is InChI=1S/C20H23FN2O2/c21-17-8-4-5-15(13-17)9-11-22-20(24)23-18-10-12-25-19(14-18)16-6-2-1-3-7-16/h1-8,13,18-19H,9-12,14H2,(H2,22,23,24). The predicted octanol–water partition coefficient (Wildman–Crippen LogP) is 3.59. The lowest BCUT2D eigenvalue weighted by Crippen LogP contribution is -2.45. The van der Waals surface area contributed by atoms with E-state index in [2.05, 4.69) is 10.6 Å². The van der Waals surface area contributed by atoms with E-state index in [9.17, 15) is 9.18 Å². The fraction of sp³-hybridized carbons (Fsp3) is 0.350. The molecule has 1 aliphatic rings. The summed E-state index contributed by atoms with van der Waals surface area (Å²) in [4.78, 5) is 12.1. The van der Waals surface area contributed by atoms with E-state index in [1.807, 2.05) is 36.4 Å². The number of halogens is 1. The van der Waals surface area contributed by atoms with Crippen molar-refractivity contribution in [3.63, 3.8) is 0 Å². The van der Waals surface area contributed by atoms with E-state index >= 15 is 0 Å². The SMILES string of the molecule is O=C(NCCc1cccc(F)c1)NC1CCOC(c2ccccc2)C1.